The van der Waals surface area contributed by atoms with Crippen LogP contribution >= 0.6 is 0 Å². The number of aryl methyl sites for hydroxylation is 1. The predicted octanol–water partition coefficient (Wildman–Crippen LogP) is 4.76. The van der Waals surface area contributed by atoms with Gasteiger partial charge in [-0.25, -0.2) is 9.97 Å². The van der Waals surface area contributed by atoms with E-state index in [0.29, 0.717) is 41.1 Å². The van der Waals surface area contributed by atoms with Crippen molar-refractivity contribution in [3.05, 3.63) is 106 Å². The SMILES string of the molecule is C#CCN(Cc1ccc2nc(C)n(COC(=O)C(C)(C)C)c(=O)c2c1)c1ccc(C(=O)NCc2cnc3ccccc3n2)cc1. The minimum Gasteiger partial charge on any atom is -0.443 e. The molecule has 1 amide bonds. The highest BCUT2D eigenvalue weighted by Gasteiger charge is 2.23. The smallest absolute Gasteiger partial charge is 0.312 e. The summed E-state index contributed by atoms with van der Waals surface area (Å²) in [5.41, 5.74) is 3.95. The van der Waals surface area contributed by atoms with Gasteiger partial charge < -0.3 is 15.0 Å². The first kappa shape index (κ1) is 30.9. The number of anilines is 1. The standard InChI is InChI=1S/C35H34N6O4/c1-6-17-40(21-24-11-16-29-28(18-24)33(43)41(23(2)38-29)22-45-34(44)35(3,4)5)27-14-12-25(13-15-27)32(42)37-20-26-19-36-30-9-7-8-10-31(30)39-26/h1,7-16,18-19H,17,20-22H2,2-5H3,(H,37,42). The summed E-state index contributed by atoms with van der Waals surface area (Å²) in [6.45, 7) is 7.72. The molecular weight excluding hydrogens is 568 g/mol. The maximum Gasteiger partial charge on any atom is 0.312 e. The molecule has 0 saturated carbocycles. The number of hydrogen-bond acceptors (Lipinski definition) is 8. The summed E-state index contributed by atoms with van der Waals surface area (Å²) in [7, 11) is 0. The number of nitrogens with zero attached hydrogens (tertiary/aromatic N) is 5. The van der Waals surface area contributed by atoms with Crippen LogP contribution in [0.25, 0.3) is 21.9 Å². The molecule has 5 aromatic rings. The highest BCUT2D eigenvalue weighted by molar-refractivity contribution is 5.94. The van der Waals surface area contributed by atoms with Crippen molar-refractivity contribution in [1.29, 1.82) is 0 Å². The van der Waals surface area contributed by atoms with Crippen LogP contribution in [0, 0.1) is 24.7 Å². The Morgan fingerprint density at radius 3 is 2.44 bits per heavy atom. The summed E-state index contributed by atoms with van der Waals surface area (Å²) in [6, 6.07) is 20.2. The van der Waals surface area contributed by atoms with Crippen molar-refractivity contribution in [2.75, 3.05) is 11.4 Å². The Morgan fingerprint density at radius 2 is 1.73 bits per heavy atom. The summed E-state index contributed by atoms with van der Waals surface area (Å²) in [4.78, 5) is 54.0. The monoisotopic (exact) mass is 602 g/mol. The van der Waals surface area contributed by atoms with Crippen molar-refractivity contribution in [1.82, 2.24) is 24.8 Å². The first-order valence-corrected chi connectivity index (χ1v) is 14.5. The number of ether oxygens (including phenoxy) is 1. The molecule has 0 spiro atoms. The molecule has 2 heterocycles. The van der Waals surface area contributed by atoms with Crippen LogP contribution in [0.15, 0.2) is 77.7 Å². The number of amides is 1. The Morgan fingerprint density at radius 1 is 1.00 bits per heavy atom. The van der Waals surface area contributed by atoms with Gasteiger partial charge in [-0.3, -0.25) is 23.9 Å². The Hall–Kier alpha value is -5.56. The molecule has 0 aliphatic carbocycles. The number of rotatable bonds is 9. The lowest BCUT2D eigenvalue weighted by Gasteiger charge is -2.23. The lowest BCUT2D eigenvalue weighted by molar-refractivity contribution is -0.157. The quantitative estimate of drug-likeness (QED) is 0.189. The Labute approximate surface area is 261 Å². The van der Waals surface area contributed by atoms with Crippen molar-refractivity contribution in [3.8, 4) is 12.3 Å². The van der Waals surface area contributed by atoms with E-state index in [9.17, 15) is 14.4 Å². The van der Waals surface area contributed by atoms with Gasteiger partial charge >= 0.3 is 5.97 Å². The highest BCUT2D eigenvalue weighted by Crippen LogP contribution is 2.21. The number of carbonyl (C=O) groups excluding carboxylic acids is 2. The van der Waals surface area contributed by atoms with Gasteiger partial charge in [0.2, 0.25) is 0 Å². The van der Waals surface area contributed by atoms with Gasteiger partial charge in [0.05, 0.1) is 52.3 Å². The number of terminal acetylenes is 1. The fourth-order valence-electron chi connectivity index (χ4n) is 4.72. The average molecular weight is 603 g/mol. The summed E-state index contributed by atoms with van der Waals surface area (Å²) >= 11 is 0. The minimum atomic E-state index is -0.690. The number of esters is 1. The van der Waals surface area contributed by atoms with Crippen LogP contribution in [0.2, 0.25) is 0 Å². The fraction of sp³-hybridized carbons (Fsp3) is 0.257. The van der Waals surface area contributed by atoms with Gasteiger partial charge in [0.1, 0.15) is 5.82 Å². The van der Waals surface area contributed by atoms with Crippen LogP contribution in [-0.4, -0.2) is 37.9 Å². The van der Waals surface area contributed by atoms with Crippen molar-refractivity contribution < 1.29 is 14.3 Å². The third-order valence-corrected chi connectivity index (χ3v) is 7.23. The second-order valence-corrected chi connectivity index (χ2v) is 11.7. The van der Waals surface area contributed by atoms with E-state index < -0.39 is 11.4 Å². The number of fused-ring (bicyclic) bond motifs is 2. The van der Waals surface area contributed by atoms with E-state index in [1.807, 2.05) is 47.4 Å². The number of carbonyl (C=O) groups is 2. The van der Waals surface area contributed by atoms with Crippen LogP contribution in [0.5, 0.6) is 0 Å². The van der Waals surface area contributed by atoms with Gasteiger partial charge in [-0.2, -0.15) is 0 Å². The molecule has 0 aliphatic heterocycles. The molecule has 3 aromatic carbocycles. The largest absolute Gasteiger partial charge is 0.443 e. The second-order valence-electron chi connectivity index (χ2n) is 11.7. The van der Waals surface area contributed by atoms with Gasteiger partial charge in [0.15, 0.2) is 6.73 Å². The van der Waals surface area contributed by atoms with E-state index in [-0.39, 0.29) is 24.7 Å². The predicted molar refractivity (Wildman–Crippen MR) is 173 cm³/mol. The molecule has 0 fully saturated rings. The van der Waals surface area contributed by atoms with E-state index in [1.165, 1.54) is 4.57 Å². The topological polar surface area (TPSA) is 119 Å². The Kier molecular flexibility index (Phi) is 8.91. The molecule has 0 radical (unpaired) electrons. The normalized spacial score (nSPS) is 11.3. The van der Waals surface area contributed by atoms with E-state index in [2.05, 4.69) is 26.2 Å². The van der Waals surface area contributed by atoms with Crippen LogP contribution in [0.1, 0.15) is 48.2 Å². The van der Waals surface area contributed by atoms with Crippen molar-refractivity contribution >= 4 is 39.5 Å². The maximum atomic E-state index is 13.4. The molecule has 1 N–H and O–H groups in total. The second kappa shape index (κ2) is 13.0. The molecular formula is C35H34N6O4. The summed E-state index contributed by atoms with van der Waals surface area (Å²) in [5, 5.41) is 3.31. The fourth-order valence-corrected chi connectivity index (χ4v) is 4.72. The number of benzene rings is 3. The van der Waals surface area contributed by atoms with Crippen LogP contribution in [-0.2, 0) is 29.4 Å². The average Bonchev–Trinajstić information content (AvgIpc) is 3.03. The molecule has 0 aliphatic rings. The van der Waals surface area contributed by atoms with Crippen LogP contribution in [0.3, 0.4) is 0 Å². The van der Waals surface area contributed by atoms with Crippen molar-refractivity contribution in [3.63, 3.8) is 0 Å². The highest BCUT2D eigenvalue weighted by atomic mass is 16.5. The third kappa shape index (κ3) is 7.16. The zero-order valence-corrected chi connectivity index (χ0v) is 25.7. The first-order chi connectivity index (χ1) is 21.5. The van der Waals surface area contributed by atoms with Gasteiger partial charge in [0, 0.05) is 17.8 Å². The first-order valence-electron chi connectivity index (χ1n) is 14.5. The van der Waals surface area contributed by atoms with Gasteiger partial charge in [-0.05, 0) is 81.8 Å². The molecule has 0 bridgehead atoms. The molecule has 228 valence electrons. The van der Waals surface area contributed by atoms with E-state index in [0.717, 1.165) is 22.3 Å². The van der Waals surface area contributed by atoms with Crippen LogP contribution in [0.4, 0.5) is 5.69 Å². The maximum absolute atomic E-state index is 13.4. The molecule has 45 heavy (non-hydrogen) atoms. The van der Waals surface area contributed by atoms with Gasteiger partial charge in [0.25, 0.3) is 11.5 Å². The van der Waals surface area contributed by atoms with Crippen molar-refractivity contribution in [2.45, 2.75) is 47.5 Å². The number of aromatic nitrogens is 4. The summed E-state index contributed by atoms with van der Waals surface area (Å²) in [5.74, 6) is 2.49. The Bertz CT molecular complexity index is 1990. The molecule has 0 unspecified atom stereocenters. The summed E-state index contributed by atoms with van der Waals surface area (Å²) in [6.07, 6.45) is 7.35. The number of nitrogens with one attached hydrogen (secondary N) is 1. The van der Waals surface area contributed by atoms with Crippen molar-refractivity contribution in [2.24, 2.45) is 5.41 Å². The number of hydrogen-bond donors (Lipinski definition) is 1. The molecule has 0 saturated heterocycles. The third-order valence-electron chi connectivity index (χ3n) is 7.23. The van der Waals surface area contributed by atoms with E-state index in [4.69, 9.17) is 11.2 Å². The Balaban J connectivity index is 1.29. The molecule has 2 aromatic heterocycles. The summed E-state index contributed by atoms with van der Waals surface area (Å²) < 4.78 is 6.74. The zero-order valence-electron chi connectivity index (χ0n) is 25.7. The lowest BCUT2D eigenvalue weighted by Crippen LogP contribution is -2.30. The van der Waals surface area contributed by atoms with E-state index in [1.54, 1.807) is 58.2 Å². The number of para-hydroxylation sites is 2. The molecule has 10 heteroatoms. The zero-order chi connectivity index (χ0) is 32.1. The lowest BCUT2D eigenvalue weighted by atomic mass is 9.98. The molecule has 10 nitrogen and oxygen atoms in total. The van der Waals surface area contributed by atoms with Gasteiger partial charge in [-0.15, -0.1) is 6.42 Å². The minimum absolute atomic E-state index is 0.216. The molecule has 5 rings (SSSR count). The molecule has 0 atom stereocenters. The van der Waals surface area contributed by atoms with Crippen LogP contribution < -0.4 is 15.8 Å². The van der Waals surface area contributed by atoms with E-state index >= 15 is 0 Å². The van der Waals surface area contributed by atoms with Gasteiger partial charge in [-0.1, -0.05) is 24.1 Å².